The fourth-order valence-corrected chi connectivity index (χ4v) is 2.20. The van der Waals surface area contributed by atoms with Gasteiger partial charge in [0.05, 0.1) is 31.8 Å². The van der Waals surface area contributed by atoms with E-state index in [1.54, 1.807) is 19.5 Å². The van der Waals surface area contributed by atoms with Gasteiger partial charge in [0.2, 0.25) is 5.95 Å². The number of anilines is 1. The SMILES string of the molecule is CCCCCOc1c(C=Nn2cc(C)nc2N)cccc1OC. The molecule has 6 nitrogen and oxygen atoms in total. The van der Waals surface area contributed by atoms with E-state index in [1.165, 1.54) is 4.68 Å². The van der Waals surface area contributed by atoms with E-state index in [1.807, 2.05) is 25.1 Å². The Labute approximate surface area is 136 Å². The van der Waals surface area contributed by atoms with Crippen LogP contribution in [-0.4, -0.2) is 29.6 Å². The minimum atomic E-state index is 0.354. The van der Waals surface area contributed by atoms with Gasteiger partial charge in [-0.05, 0) is 25.5 Å². The van der Waals surface area contributed by atoms with Gasteiger partial charge in [-0.25, -0.2) is 9.66 Å². The lowest BCUT2D eigenvalue weighted by atomic mass is 10.2. The van der Waals surface area contributed by atoms with E-state index in [9.17, 15) is 0 Å². The van der Waals surface area contributed by atoms with E-state index < -0.39 is 0 Å². The highest BCUT2D eigenvalue weighted by atomic mass is 16.5. The summed E-state index contributed by atoms with van der Waals surface area (Å²) in [6.07, 6.45) is 6.79. The molecule has 0 amide bonds. The van der Waals surface area contributed by atoms with Crippen LogP contribution in [0.1, 0.15) is 37.4 Å². The Hall–Kier alpha value is -2.50. The second-order valence-electron chi connectivity index (χ2n) is 5.26. The second kappa shape index (κ2) is 8.22. The number of nitrogens with two attached hydrogens (primary N) is 1. The highest BCUT2D eigenvalue weighted by Crippen LogP contribution is 2.30. The normalized spacial score (nSPS) is 11.1. The first-order valence-corrected chi connectivity index (χ1v) is 7.81. The van der Waals surface area contributed by atoms with Crippen LogP contribution in [0.4, 0.5) is 5.95 Å². The van der Waals surface area contributed by atoms with E-state index in [-0.39, 0.29) is 0 Å². The van der Waals surface area contributed by atoms with Crippen molar-refractivity contribution in [2.75, 3.05) is 19.5 Å². The van der Waals surface area contributed by atoms with Gasteiger partial charge in [-0.2, -0.15) is 5.10 Å². The predicted octanol–water partition coefficient (Wildman–Crippen LogP) is 3.23. The van der Waals surface area contributed by atoms with Crippen molar-refractivity contribution in [1.29, 1.82) is 0 Å². The van der Waals surface area contributed by atoms with Crippen molar-refractivity contribution < 1.29 is 9.47 Å². The van der Waals surface area contributed by atoms with E-state index in [4.69, 9.17) is 15.2 Å². The summed E-state index contributed by atoms with van der Waals surface area (Å²) >= 11 is 0. The minimum Gasteiger partial charge on any atom is -0.493 e. The molecule has 0 atom stereocenters. The number of nitrogens with zero attached hydrogens (tertiary/aromatic N) is 3. The maximum Gasteiger partial charge on any atom is 0.221 e. The molecule has 0 aliphatic carbocycles. The first kappa shape index (κ1) is 16.9. The maximum absolute atomic E-state index is 5.91. The van der Waals surface area contributed by atoms with Gasteiger partial charge in [-0.15, -0.1) is 0 Å². The zero-order valence-corrected chi connectivity index (χ0v) is 14.0. The number of hydrogen-bond donors (Lipinski definition) is 1. The predicted molar refractivity (Wildman–Crippen MR) is 92.4 cm³/mol. The van der Waals surface area contributed by atoms with Gasteiger partial charge in [0.15, 0.2) is 11.5 Å². The van der Waals surface area contributed by atoms with Crippen LogP contribution < -0.4 is 15.2 Å². The summed E-state index contributed by atoms with van der Waals surface area (Å²) in [5.41, 5.74) is 7.46. The fourth-order valence-electron chi connectivity index (χ4n) is 2.20. The summed E-state index contributed by atoms with van der Waals surface area (Å²) < 4.78 is 12.8. The molecule has 0 bridgehead atoms. The Bertz CT molecular complexity index is 665. The van der Waals surface area contributed by atoms with Crippen LogP contribution >= 0.6 is 0 Å². The van der Waals surface area contributed by atoms with Gasteiger partial charge >= 0.3 is 0 Å². The summed E-state index contributed by atoms with van der Waals surface area (Å²) in [5, 5.41) is 4.35. The molecule has 0 aliphatic heterocycles. The molecule has 2 N–H and O–H groups in total. The average Bonchev–Trinajstić information content (AvgIpc) is 2.87. The minimum absolute atomic E-state index is 0.354. The van der Waals surface area contributed by atoms with Crippen LogP contribution in [-0.2, 0) is 0 Å². The van der Waals surface area contributed by atoms with Crippen molar-refractivity contribution >= 4 is 12.2 Å². The molecule has 0 radical (unpaired) electrons. The van der Waals surface area contributed by atoms with E-state index in [2.05, 4.69) is 17.0 Å². The lowest BCUT2D eigenvalue weighted by Crippen LogP contribution is -2.03. The standard InChI is InChI=1S/C17H24N4O2/c1-4-5-6-10-23-16-14(8-7-9-15(16)22-3)11-19-21-12-13(2)20-17(21)18/h7-9,11-12H,4-6,10H2,1-3H3,(H2,18,20). The van der Waals surface area contributed by atoms with Crippen LogP contribution in [0.5, 0.6) is 11.5 Å². The Morgan fingerprint density at radius 3 is 2.83 bits per heavy atom. The van der Waals surface area contributed by atoms with Gasteiger partial charge in [-0.1, -0.05) is 25.8 Å². The maximum atomic E-state index is 5.91. The molecule has 0 spiro atoms. The zero-order chi connectivity index (χ0) is 16.7. The molecule has 0 saturated carbocycles. The second-order valence-corrected chi connectivity index (χ2v) is 5.26. The zero-order valence-electron chi connectivity index (χ0n) is 14.0. The van der Waals surface area contributed by atoms with E-state index >= 15 is 0 Å². The van der Waals surface area contributed by atoms with Crippen LogP contribution in [0.15, 0.2) is 29.5 Å². The summed E-state index contributed by atoms with van der Waals surface area (Å²) in [4.78, 5) is 4.12. The highest BCUT2D eigenvalue weighted by molar-refractivity contribution is 5.85. The molecule has 2 rings (SSSR count). The molecule has 6 heteroatoms. The smallest absolute Gasteiger partial charge is 0.221 e. The summed E-state index contributed by atoms with van der Waals surface area (Å²) in [6, 6.07) is 5.71. The Balaban J connectivity index is 2.21. The van der Waals surface area contributed by atoms with Crippen molar-refractivity contribution in [2.24, 2.45) is 5.10 Å². The number of aryl methyl sites for hydroxylation is 1. The molecule has 1 heterocycles. The third kappa shape index (κ3) is 4.48. The summed E-state index contributed by atoms with van der Waals surface area (Å²) in [7, 11) is 1.63. The number of aromatic nitrogens is 2. The van der Waals surface area contributed by atoms with E-state index in [0.717, 1.165) is 30.5 Å². The molecule has 0 saturated heterocycles. The molecular formula is C17H24N4O2. The molecule has 23 heavy (non-hydrogen) atoms. The number of methoxy groups -OCH3 is 1. The topological polar surface area (TPSA) is 74.7 Å². The number of benzene rings is 1. The average molecular weight is 316 g/mol. The van der Waals surface area contributed by atoms with Gasteiger partial charge in [0.1, 0.15) is 0 Å². The molecule has 1 aromatic carbocycles. The number of ether oxygens (including phenoxy) is 2. The first-order valence-electron chi connectivity index (χ1n) is 7.81. The highest BCUT2D eigenvalue weighted by Gasteiger charge is 2.09. The number of unbranched alkanes of at least 4 members (excludes halogenated alkanes) is 2. The first-order chi connectivity index (χ1) is 11.2. The Morgan fingerprint density at radius 1 is 1.35 bits per heavy atom. The third-order valence-corrected chi connectivity index (χ3v) is 3.38. The molecule has 0 aliphatic rings. The molecule has 0 fully saturated rings. The summed E-state index contributed by atoms with van der Waals surface area (Å²) in [6.45, 7) is 4.69. The Kier molecular flexibility index (Phi) is 6.02. The fraction of sp³-hybridized carbons (Fsp3) is 0.412. The van der Waals surface area contributed by atoms with Gasteiger partial charge in [0.25, 0.3) is 0 Å². The summed E-state index contributed by atoms with van der Waals surface area (Å²) in [5.74, 6) is 1.75. The third-order valence-electron chi connectivity index (χ3n) is 3.38. The van der Waals surface area contributed by atoms with Gasteiger partial charge in [0, 0.05) is 5.56 Å². The van der Waals surface area contributed by atoms with Crippen molar-refractivity contribution in [2.45, 2.75) is 33.1 Å². The van der Waals surface area contributed by atoms with Crippen molar-refractivity contribution in [1.82, 2.24) is 9.66 Å². The molecule has 1 aromatic heterocycles. The van der Waals surface area contributed by atoms with Gasteiger partial charge < -0.3 is 15.2 Å². The number of para-hydroxylation sites is 1. The van der Waals surface area contributed by atoms with Crippen molar-refractivity contribution in [3.8, 4) is 11.5 Å². The molecule has 124 valence electrons. The van der Waals surface area contributed by atoms with E-state index in [0.29, 0.717) is 24.1 Å². The van der Waals surface area contributed by atoms with Crippen LogP contribution in [0.25, 0.3) is 0 Å². The number of nitrogen functional groups attached to an aromatic ring is 1. The van der Waals surface area contributed by atoms with Crippen molar-refractivity contribution in [3.05, 3.63) is 35.7 Å². The number of imidazole rings is 1. The molecule has 2 aromatic rings. The lowest BCUT2D eigenvalue weighted by Gasteiger charge is -2.13. The Morgan fingerprint density at radius 2 is 2.17 bits per heavy atom. The van der Waals surface area contributed by atoms with Crippen molar-refractivity contribution in [3.63, 3.8) is 0 Å². The van der Waals surface area contributed by atoms with Gasteiger partial charge in [-0.3, -0.25) is 0 Å². The molecule has 0 unspecified atom stereocenters. The van der Waals surface area contributed by atoms with Crippen LogP contribution in [0.3, 0.4) is 0 Å². The lowest BCUT2D eigenvalue weighted by molar-refractivity contribution is 0.285. The number of hydrogen-bond acceptors (Lipinski definition) is 5. The van der Waals surface area contributed by atoms with Crippen LogP contribution in [0.2, 0.25) is 0 Å². The van der Waals surface area contributed by atoms with Crippen LogP contribution in [0, 0.1) is 6.92 Å². The monoisotopic (exact) mass is 316 g/mol. The number of rotatable bonds is 8. The molecular weight excluding hydrogens is 292 g/mol. The quantitative estimate of drug-likeness (QED) is 0.599. The largest absolute Gasteiger partial charge is 0.493 e.